The lowest BCUT2D eigenvalue weighted by Gasteiger charge is -2.40. The quantitative estimate of drug-likeness (QED) is 0.850. The number of carbonyl (C=O) groups excluding carboxylic acids is 2. The summed E-state index contributed by atoms with van der Waals surface area (Å²) in [4.78, 5) is 30.7. The molecule has 21 heavy (non-hydrogen) atoms. The van der Waals surface area contributed by atoms with Gasteiger partial charge in [0.1, 0.15) is 5.54 Å². The summed E-state index contributed by atoms with van der Waals surface area (Å²) in [5.41, 5.74) is 1.24. The van der Waals surface area contributed by atoms with E-state index in [1.54, 1.807) is 11.1 Å². The molecule has 2 fully saturated rings. The maximum Gasteiger partial charge on any atom is 0.325 e. The first-order valence-electron chi connectivity index (χ1n) is 7.56. The summed E-state index contributed by atoms with van der Waals surface area (Å²) in [6, 6.07) is 3.58. The molecular formula is C16H21N3O2. The van der Waals surface area contributed by atoms with Crippen LogP contribution < -0.4 is 5.32 Å². The summed E-state index contributed by atoms with van der Waals surface area (Å²) >= 11 is 0. The number of amides is 3. The van der Waals surface area contributed by atoms with E-state index in [0.29, 0.717) is 12.5 Å². The van der Waals surface area contributed by atoms with E-state index in [-0.39, 0.29) is 11.9 Å². The molecule has 2 unspecified atom stereocenters. The summed E-state index contributed by atoms with van der Waals surface area (Å²) in [7, 11) is 0. The Morgan fingerprint density at radius 1 is 1.48 bits per heavy atom. The minimum atomic E-state index is -0.668. The molecule has 3 rings (SSSR count). The van der Waals surface area contributed by atoms with E-state index < -0.39 is 5.54 Å². The lowest BCUT2D eigenvalue weighted by molar-refractivity contribution is -0.129. The largest absolute Gasteiger partial charge is 0.325 e. The second-order valence-corrected chi connectivity index (χ2v) is 6.35. The molecule has 0 bridgehead atoms. The molecule has 1 N–H and O–H groups in total. The van der Waals surface area contributed by atoms with Crippen molar-refractivity contribution in [1.82, 2.24) is 15.2 Å². The average Bonchev–Trinajstić information content (AvgIpc) is 2.65. The van der Waals surface area contributed by atoms with Gasteiger partial charge in [-0.1, -0.05) is 25.8 Å². The molecule has 2 aliphatic rings. The van der Waals surface area contributed by atoms with Crippen molar-refractivity contribution in [2.75, 3.05) is 0 Å². The van der Waals surface area contributed by atoms with Crippen molar-refractivity contribution in [3.63, 3.8) is 0 Å². The molecule has 1 aliphatic carbocycles. The number of aromatic nitrogens is 1. The predicted octanol–water partition coefficient (Wildman–Crippen LogP) is 2.39. The molecule has 5 heteroatoms. The summed E-state index contributed by atoms with van der Waals surface area (Å²) in [6.07, 6.45) is 5.34. The topological polar surface area (TPSA) is 62.3 Å². The maximum absolute atomic E-state index is 12.4. The second-order valence-electron chi connectivity index (χ2n) is 6.35. The standard InChI is InChI=1S/C16H21N3O2/c1-11-5-3-7-16(9-11)14(20)18-15(21)19(16)10-13-12(2)6-4-8-17-13/h4,6,8,11H,3,5,7,9-10H2,1-2H3,(H,18,20,21). The molecule has 0 aromatic carbocycles. The van der Waals surface area contributed by atoms with Gasteiger partial charge in [0, 0.05) is 6.20 Å². The number of pyridine rings is 1. The highest BCUT2D eigenvalue weighted by Crippen LogP contribution is 2.40. The third-order valence-electron chi connectivity index (χ3n) is 4.80. The first kappa shape index (κ1) is 14.0. The molecule has 2 atom stereocenters. The molecular weight excluding hydrogens is 266 g/mol. The van der Waals surface area contributed by atoms with Gasteiger partial charge in [-0.2, -0.15) is 0 Å². The number of urea groups is 1. The molecule has 1 aromatic rings. The first-order valence-corrected chi connectivity index (χ1v) is 7.56. The van der Waals surface area contributed by atoms with Crippen molar-refractivity contribution in [2.45, 2.75) is 51.6 Å². The fourth-order valence-corrected chi connectivity index (χ4v) is 3.63. The van der Waals surface area contributed by atoms with Crippen LogP contribution in [-0.2, 0) is 11.3 Å². The molecule has 0 radical (unpaired) electrons. The molecule has 3 amide bonds. The molecule has 1 aromatic heterocycles. The Bertz CT molecular complexity index is 587. The smallest absolute Gasteiger partial charge is 0.304 e. The Hall–Kier alpha value is -1.91. The number of imide groups is 1. The minimum absolute atomic E-state index is 0.132. The molecule has 1 aliphatic heterocycles. The lowest BCUT2D eigenvalue weighted by Crippen LogP contribution is -2.52. The molecule has 1 saturated carbocycles. The Morgan fingerprint density at radius 3 is 3.00 bits per heavy atom. The Morgan fingerprint density at radius 2 is 2.29 bits per heavy atom. The zero-order valence-electron chi connectivity index (χ0n) is 12.6. The van der Waals surface area contributed by atoms with Crippen LogP contribution in [0.2, 0.25) is 0 Å². The van der Waals surface area contributed by atoms with Crippen molar-refractivity contribution in [2.24, 2.45) is 5.92 Å². The zero-order valence-corrected chi connectivity index (χ0v) is 12.6. The van der Waals surface area contributed by atoms with E-state index in [4.69, 9.17) is 0 Å². The van der Waals surface area contributed by atoms with E-state index in [0.717, 1.165) is 36.9 Å². The van der Waals surface area contributed by atoms with Gasteiger partial charge in [-0.25, -0.2) is 4.79 Å². The van der Waals surface area contributed by atoms with Crippen LogP contribution in [0.4, 0.5) is 4.79 Å². The molecule has 112 valence electrons. The molecule has 5 nitrogen and oxygen atoms in total. The van der Waals surface area contributed by atoms with E-state index in [1.807, 2.05) is 19.1 Å². The van der Waals surface area contributed by atoms with Crippen molar-refractivity contribution >= 4 is 11.9 Å². The number of carbonyl (C=O) groups is 2. The van der Waals surface area contributed by atoms with E-state index in [9.17, 15) is 9.59 Å². The highest BCUT2D eigenvalue weighted by molar-refractivity contribution is 6.07. The Labute approximate surface area is 124 Å². The Kier molecular flexibility index (Phi) is 3.43. The zero-order chi connectivity index (χ0) is 15.0. The van der Waals surface area contributed by atoms with Gasteiger partial charge in [0.15, 0.2) is 0 Å². The van der Waals surface area contributed by atoms with Crippen LogP contribution in [0.5, 0.6) is 0 Å². The monoisotopic (exact) mass is 287 g/mol. The first-order chi connectivity index (χ1) is 10.0. The number of aryl methyl sites for hydroxylation is 1. The van der Waals surface area contributed by atoms with Crippen molar-refractivity contribution in [1.29, 1.82) is 0 Å². The van der Waals surface area contributed by atoms with E-state index >= 15 is 0 Å². The van der Waals surface area contributed by atoms with Crippen LogP contribution in [0, 0.1) is 12.8 Å². The van der Waals surface area contributed by atoms with Crippen LogP contribution in [0.15, 0.2) is 18.3 Å². The van der Waals surface area contributed by atoms with Gasteiger partial charge in [-0.3, -0.25) is 15.1 Å². The van der Waals surface area contributed by atoms with E-state index in [2.05, 4.69) is 17.2 Å². The molecule has 1 spiro atoms. The highest BCUT2D eigenvalue weighted by atomic mass is 16.2. The van der Waals surface area contributed by atoms with Crippen LogP contribution in [0.25, 0.3) is 0 Å². The normalized spacial score (nSPS) is 29.0. The number of rotatable bonds is 2. The fourth-order valence-electron chi connectivity index (χ4n) is 3.63. The van der Waals surface area contributed by atoms with Crippen LogP contribution in [0.3, 0.4) is 0 Å². The molecule has 2 heterocycles. The van der Waals surface area contributed by atoms with Gasteiger partial charge < -0.3 is 4.90 Å². The summed E-state index contributed by atoms with van der Waals surface area (Å²) in [5.74, 6) is 0.329. The molecule has 1 saturated heterocycles. The third kappa shape index (κ3) is 2.30. The van der Waals surface area contributed by atoms with Gasteiger partial charge in [-0.15, -0.1) is 0 Å². The van der Waals surface area contributed by atoms with Crippen LogP contribution in [-0.4, -0.2) is 27.4 Å². The van der Waals surface area contributed by atoms with E-state index in [1.165, 1.54) is 0 Å². The van der Waals surface area contributed by atoms with Crippen LogP contribution in [0.1, 0.15) is 43.9 Å². The SMILES string of the molecule is Cc1cccnc1CN1C(=O)NC(=O)C12CCCC(C)C2. The van der Waals surface area contributed by atoms with Gasteiger partial charge in [0.05, 0.1) is 12.2 Å². The summed E-state index contributed by atoms with van der Waals surface area (Å²) in [6.45, 7) is 4.53. The third-order valence-corrected chi connectivity index (χ3v) is 4.80. The van der Waals surface area contributed by atoms with Gasteiger partial charge >= 0.3 is 6.03 Å². The van der Waals surface area contributed by atoms with Crippen LogP contribution >= 0.6 is 0 Å². The van der Waals surface area contributed by atoms with Gasteiger partial charge in [-0.05, 0) is 37.3 Å². The summed E-state index contributed by atoms with van der Waals surface area (Å²) in [5, 5.41) is 2.51. The Balaban J connectivity index is 1.93. The van der Waals surface area contributed by atoms with Crippen molar-refractivity contribution < 1.29 is 9.59 Å². The fraction of sp³-hybridized carbons (Fsp3) is 0.562. The number of hydrogen-bond donors (Lipinski definition) is 1. The van der Waals surface area contributed by atoms with Crippen molar-refractivity contribution in [3.8, 4) is 0 Å². The van der Waals surface area contributed by atoms with Gasteiger partial charge in [0.2, 0.25) is 0 Å². The lowest BCUT2D eigenvalue weighted by atomic mass is 9.75. The maximum atomic E-state index is 12.4. The van der Waals surface area contributed by atoms with Crippen molar-refractivity contribution in [3.05, 3.63) is 29.6 Å². The minimum Gasteiger partial charge on any atom is -0.304 e. The number of hydrogen-bond acceptors (Lipinski definition) is 3. The summed E-state index contributed by atoms with van der Waals surface area (Å²) < 4.78 is 0. The highest BCUT2D eigenvalue weighted by Gasteiger charge is 2.54. The van der Waals surface area contributed by atoms with Gasteiger partial charge in [0.25, 0.3) is 5.91 Å². The number of nitrogens with one attached hydrogen (secondary N) is 1. The average molecular weight is 287 g/mol. The predicted molar refractivity (Wildman–Crippen MR) is 78.4 cm³/mol. The second kappa shape index (κ2) is 5.13. The number of nitrogens with zero attached hydrogens (tertiary/aromatic N) is 2.